The molecular formula is C26H31N3O3. The van der Waals surface area contributed by atoms with Crippen molar-refractivity contribution in [1.82, 2.24) is 14.4 Å². The van der Waals surface area contributed by atoms with Gasteiger partial charge in [0.15, 0.2) is 0 Å². The molecule has 0 aliphatic carbocycles. The van der Waals surface area contributed by atoms with Gasteiger partial charge in [-0.2, -0.15) is 0 Å². The highest BCUT2D eigenvalue weighted by Crippen LogP contribution is 2.36. The Morgan fingerprint density at radius 3 is 2.62 bits per heavy atom. The van der Waals surface area contributed by atoms with E-state index in [4.69, 9.17) is 0 Å². The van der Waals surface area contributed by atoms with Gasteiger partial charge in [-0.05, 0) is 60.7 Å². The van der Waals surface area contributed by atoms with Gasteiger partial charge in [0, 0.05) is 43.4 Å². The second kappa shape index (κ2) is 9.18. The van der Waals surface area contributed by atoms with E-state index in [1.165, 1.54) is 0 Å². The van der Waals surface area contributed by atoms with E-state index < -0.39 is 5.97 Å². The Bertz CT molecular complexity index is 1120. The number of hydrogen-bond acceptors (Lipinski definition) is 4. The zero-order chi connectivity index (χ0) is 22.8. The van der Waals surface area contributed by atoms with Crippen molar-refractivity contribution in [3.8, 4) is 5.75 Å². The van der Waals surface area contributed by atoms with E-state index in [9.17, 15) is 15.0 Å². The van der Waals surface area contributed by atoms with Crippen molar-refractivity contribution in [3.63, 3.8) is 0 Å². The molecule has 2 heterocycles. The summed E-state index contributed by atoms with van der Waals surface area (Å²) in [6.07, 6.45) is 3.78. The predicted octanol–water partition coefficient (Wildman–Crippen LogP) is 4.10. The van der Waals surface area contributed by atoms with Gasteiger partial charge in [-0.15, -0.1) is 6.58 Å². The van der Waals surface area contributed by atoms with E-state index in [0.717, 1.165) is 41.7 Å². The van der Waals surface area contributed by atoms with Crippen molar-refractivity contribution < 1.29 is 15.0 Å². The number of carbonyl (C=O) groups is 1. The van der Waals surface area contributed by atoms with Gasteiger partial charge < -0.3 is 14.8 Å². The number of aromatic hydroxyl groups is 1. The number of fused-ring (bicyclic) bond motifs is 1. The van der Waals surface area contributed by atoms with E-state index in [0.29, 0.717) is 12.1 Å². The van der Waals surface area contributed by atoms with Crippen LogP contribution in [-0.2, 0) is 11.3 Å². The van der Waals surface area contributed by atoms with Crippen LogP contribution in [0.25, 0.3) is 10.9 Å². The highest BCUT2D eigenvalue weighted by atomic mass is 16.4. The second-order valence-electron chi connectivity index (χ2n) is 8.79. The molecule has 1 fully saturated rings. The molecule has 1 aliphatic heterocycles. The van der Waals surface area contributed by atoms with Crippen LogP contribution in [0.15, 0.2) is 67.4 Å². The standard InChI is InChI=1S/C26H31N3O3/c1-4-11-27-15-19(3)29(16-18(27)2)26(21-6-5-7-23(30)14-21)22-8-9-24-20(13-22)10-12-28(24)17-25(31)32/h4-10,12-14,18-19,26,30H,1,11,15-17H2,2-3H3,(H,31,32)/t18-,19+,26+/m1/s1. The van der Waals surface area contributed by atoms with Crippen molar-refractivity contribution in [2.75, 3.05) is 19.6 Å². The molecule has 0 saturated carbocycles. The lowest BCUT2D eigenvalue weighted by molar-refractivity contribution is -0.137. The molecule has 4 rings (SSSR count). The van der Waals surface area contributed by atoms with Gasteiger partial charge in [0.1, 0.15) is 12.3 Å². The van der Waals surface area contributed by atoms with Crippen LogP contribution >= 0.6 is 0 Å². The largest absolute Gasteiger partial charge is 0.508 e. The van der Waals surface area contributed by atoms with Gasteiger partial charge in [0.05, 0.1) is 6.04 Å². The number of carboxylic acid groups (broad SMARTS) is 1. The Morgan fingerprint density at radius 1 is 1.12 bits per heavy atom. The molecule has 0 radical (unpaired) electrons. The third-order valence-corrected chi connectivity index (χ3v) is 6.46. The van der Waals surface area contributed by atoms with Crippen LogP contribution in [0.3, 0.4) is 0 Å². The monoisotopic (exact) mass is 433 g/mol. The van der Waals surface area contributed by atoms with Gasteiger partial charge in [0.25, 0.3) is 0 Å². The van der Waals surface area contributed by atoms with Crippen LogP contribution in [0.4, 0.5) is 0 Å². The van der Waals surface area contributed by atoms with Gasteiger partial charge in [-0.25, -0.2) is 0 Å². The number of aromatic nitrogens is 1. The lowest BCUT2D eigenvalue weighted by atomic mass is 9.92. The topological polar surface area (TPSA) is 68.9 Å². The Morgan fingerprint density at radius 2 is 1.91 bits per heavy atom. The molecule has 2 N–H and O–H groups in total. The first-order valence-electron chi connectivity index (χ1n) is 11.1. The summed E-state index contributed by atoms with van der Waals surface area (Å²) in [4.78, 5) is 16.1. The number of nitrogens with zero attached hydrogens (tertiary/aromatic N) is 3. The van der Waals surface area contributed by atoms with Crippen LogP contribution in [0, 0.1) is 0 Å². The van der Waals surface area contributed by atoms with Gasteiger partial charge in [-0.3, -0.25) is 14.6 Å². The zero-order valence-electron chi connectivity index (χ0n) is 18.7. The number of piperazine rings is 1. The summed E-state index contributed by atoms with van der Waals surface area (Å²) in [6.45, 7) is 11.1. The van der Waals surface area contributed by atoms with Crippen molar-refractivity contribution in [2.24, 2.45) is 0 Å². The maximum absolute atomic E-state index is 11.2. The summed E-state index contributed by atoms with van der Waals surface area (Å²) in [7, 11) is 0. The lowest BCUT2D eigenvalue weighted by Crippen LogP contribution is -2.57. The van der Waals surface area contributed by atoms with Crippen LogP contribution in [-0.4, -0.2) is 62.3 Å². The van der Waals surface area contributed by atoms with Gasteiger partial charge >= 0.3 is 5.97 Å². The van der Waals surface area contributed by atoms with Crippen molar-refractivity contribution in [2.45, 2.75) is 38.5 Å². The van der Waals surface area contributed by atoms with E-state index >= 15 is 0 Å². The van der Waals surface area contributed by atoms with Gasteiger partial charge in [0.2, 0.25) is 0 Å². The summed E-state index contributed by atoms with van der Waals surface area (Å²) < 4.78 is 1.75. The van der Waals surface area contributed by atoms with Gasteiger partial charge in [-0.1, -0.05) is 24.3 Å². The molecule has 0 spiro atoms. The highest BCUT2D eigenvalue weighted by molar-refractivity contribution is 5.82. The summed E-state index contributed by atoms with van der Waals surface area (Å²) in [5.74, 6) is -0.600. The summed E-state index contributed by atoms with van der Waals surface area (Å²) >= 11 is 0. The molecule has 1 saturated heterocycles. The summed E-state index contributed by atoms with van der Waals surface area (Å²) in [5, 5.41) is 20.4. The first-order valence-corrected chi connectivity index (χ1v) is 11.1. The van der Waals surface area contributed by atoms with E-state index in [-0.39, 0.29) is 18.3 Å². The maximum atomic E-state index is 11.2. The number of aliphatic carboxylic acids is 1. The first-order chi connectivity index (χ1) is 15.4. The van der Waals surface area contributed by atoms with Crippen molar-refractivity contribution in [1.29, 1.82) is 0 Å². The molecule has 3 aromatic rings. The fourth-order valence-electron chi connectivity index (χ4n) is 4.95. The summed E-state index contributed by atoms with van der Waals surface area (Å²) in [5.41, 5.74) is 3.08. The average molecular weight is 434 g/mol. The lowest BCUT2D eigenvalue weighted by Gasteiger charge is -2.47. The number of phenolic OH excluding ortho intramolecular Hbond substituents is 1. The van der Waals surface area contributed by atoms with Crippen LogP contribution in [0.1, 0.15) is 31.0 Å². The minimum atomic E-state index is -0.857. The molecule has 2 aromatic carbocycles. The molecule has 0 bridgehead atoms. The third kappa shape index (κ3) is 4.42. The number of carboxylic acids is 1. The molecule has 1 aliphatic rings. The van der Waals surface area contributed by atoms with Crippen LogP contribution in [0.2, 0.25) is 0 Å². The first kappa shape index (κ1) is 22.1. The third-order valence-electron chi connectivity index (χ3n) is 6.46. The predicted molar refractivity (Wildman–Crippen MR) is 127 cm³/mol. The molecule has 3 atom stereocenters. The molecule has 32 heavy (non-hydrogen) atoms. The minimum Gasteiger partial charge on any atom is -0.508 e. The Labute approximate surface area is 189 Å². The fraction of sp³-hybridized carbons (Fsp3) is 0.346. The second-order valence-corrected chi connectivity index (χ2v) is 8.79. The minimum absolute atomic E-state index is 0.0161. The normalized spacial score (nSPS) is 20.9. The molecule has 6 nitrogen and oxygen atoms in total. The molecule has 1 aromatic heterocycles. The van der Waals surface area contributed by atoms with Crippen molar-refractivity contribution >= 4 is 16.9 Å². The van der Waals surface area contributed by atoms with E-state index in [1.807, 2.05) is 36.5 Å². The molecule has 6 heteroatoms. The Balaban J connectivity index is 1.75. The maximum Gasteiger partial charge on any atom is 0.323 e. The quantitative estimate of drug-likeness (QED) is 0.549. The van der Waals surface area contributed by atoms with Crippen LogP contribution in [0.5, 0.6) is 5.75 Å². The SMILES string of the molecule is C=CCN1C[C@H](C)N([C@@H](c2cccc(O)c2)c2ccc3c(ccn3CC(=O)O)c2)C[C@H]1C. The number of rotatable bonds is 7. The Kier molecular flexibility index (Phi) is 6.35. The zero-order valence-corrected chi connectivity index (χ0v) is 18.7. The molecule has 168 valence electrons. The smallest absolute Gasteiger partial charge is 0.323 e. The average Bonchev–Trinajstić information content (AvgIpc) is 3.13. The molecule has 0 amide bonds. The number of benzene rings is 2. The summed E-state index contributed by atoms with van der Waals surface area (Å²) in [6, 6.07) is 16.4. The van der Waals surface area contributed by atoms with E-state index in [1.54, 1.807) is 10.6 Å². The molecule has 0 unspecified atom stereocenters. The molecular weight excluding hydrogens is 402 g/mol. The highest BCUT2D eigenvalue weighted by Gasteiger charge is 2.34. The van der Waals surface area contributed by atoms with Crippen LogP contribution < -0.4 is 0 Å². The number of phenols is 1. The number of hydrogen-bond donors (Lipinski definition) is 2. The van der Waals surface area contributed by atoms with Crippen molar-refractivity contribution in [3.05, 3.63) is 78.5 Å². The Hall–Kier alpha value is -3.09. The fourth-order valence-corrected chi connectivity index (χ4v) is 4.95. The van der Waals surface area contributed by atoms with E-state index in [2.05, 4.69) is 48.4 Å².